The number of hydrogen-bond acceptors (Lipinski definition) is 3. The Labute approximate surface area is 149 Å². The molecule has 4 nitrogen and oxygen atoms in total. The molecule has 1 aromatic heterocycles. The van der Waals surface area contributed by atoms with Crippen molar-refractivity contribution in [3.8, 4) is 0 Å². The van der Waals surface area contributed by atoms with Gasteiger partial charge in [0, 0.05) is 24.4 Å². The van der Waals surface area contributed by atoms with E-state index < -0.39 is 0 Å². The molecule has 0 radical (unpaired) electrons. The van der Waals surface area contributed by atoms with Crippen LogP contribution in [0.1, 0.15) is 49.9 Å². The fraction of sp³-hybridized carbons (Fsp3) is 0.474. The van der Waals surface area contributed by atoms with Gasteiger partial charge in [0.15, 0.2) is 5.96 Å². The van der Waals surface area contributed by atoms with Crippen molar-refractivity contribution in [3.05, 3.63) is 52.0 Å². The molecule has 2 aromatic rings. The fourth-order valence-electron chi connectivity index (χ4n) is 2.35. The highest BCUT2D eigenvalue weighted by molar-refractivity contribution is 7.09. The van der Waals surface area contributed by atoms with Crippen molar-refractivity contribution in [3.63, 3.8) is 0 Å². The van der Waals surface area contributed by atoms with E-state index in [2.05, 4.69) is 78.0 Å². The summed E-state index contributed by atoms with van der Waals surface area (Å²) < 4.78 is 0. The number of benzene rings is 1. The molecule has 0 aliphatic heterocycles. The molecule has 2 N–H and O–H groups in total. The first-order valence-corrected chi connectivity index (χ1v) is 9.24. The molecule has 0 bridgehead atoms. The molecule has 0 saturated carbocycles. The summed E-state index contributed by atoms with van der Waals surface area (Å²) >= 11 is 1.69. The lowest BCUT2D eigenvalue weighted by atomic mass is 9.85. The molecule has 24 heavy (non-hydrogen) atoms. The van der Waals surface area contributed by atoms with Crippen molar-refractivity contribution in [2.45, 2.75) is 45.6 Å². The lowest BCUT2D eigenvalue weighted by molar-refractivity contribution is 0.508. The molecule has 0 saturated heterocycles. The van der Waals surface area contributed by atoms with E-state index >= 15 is 0 Å². The summed E-state index contributed by atoms with van der Waals surface area (Å²) in [6.45, 7) is 10.3. The lowest BCUT2D eigenvalue weighted by Crippen LogP contribution is -2.43. The lowest BCUT2D eigenvalue weighted by Gasteiger charge is -2.26. The van der Waals surface area contributed by atoms with Gasteiger partial charge in [0.05, 0.1) is 12.2 Å². The summed E-state index contributed by atoms with van der Waals surface area (Å²) in [7, 11) is 1.80. The van der Waals surface area contributed by atoms with E-state index in [1.165, 1.54) is 5.56 Å². The average Bonchev–Trinajstić information content (AvgIpc) is 3.05. The maximum Gasteiger partial charge on any atom is 0.191 e. The number of guanidine groups is 1. The quantitative estimate of drug-likeness (QED) is 0.617. The maximum atomic E-state index is 4.65. The highest BCUT2D eigenvalue weighted by Crippen LogP contribution is 2.21. The van der Waals surface area contributed by atoms with Gasteiger partial charge in [-0.25, -0.2) is 4.98 Å². The molecular formula is C19H28N4S. The van der Waals surface area contributed by atoms with Gasteiger partial charge in [0.25, 0.3) is 0 Å². The van der Waals surface area contributed by atoms with E-state index in [9.17, 15) is 0 Å². The van der Waals surface area contributed by atoms with Crippen LogP contribution in [0.25, 0.3) is 0 Å². The summed E-state index contributed by atoms with van der Waals surface area (Å²) in [5, 5.41) is 9.99. The third-order valence-electron chi connectivity index (χ3n) is 4.04. The van der Waals surface area contributed by atoms with Crippen molar-refractivity contribution in [1.82, 2.24) is 15.6 Å². The average molecular weight is 345 g/mol. The van der Waals surface area contributed by atoms with Gasteiger partial charge in [-0.15, -0.1) is 11.3 Å². The first-order chi connectivity index (χ1) is 11.4. The van der Waals surface area contributed by atoms with Gasteiger partial charge in [-0.1, -0.05) is 58.0 Å². The third kappa shape index (κ3) is 5.06. The zero-order valence-corrected chi connectivity index (χ0v) is 16.1. The molecule has 0 atom stereocenters. The molecule has 0 amide bonds. The predicted molar refractivity (Wildman–Crippen MR) is 104 cm³/mol. The topological polar surface area (TPSA) is 49.3 Å². The van der Waals surface area contributed by atoms with Gasteiger partial charge in [0.2, 0.25) is 0 Å². The molecule has 5 heteroatoms. The third-order valence-corrected chi connectivity index (χ3v) is 4.91. The minimum Gasteiger partial charge on any atom is -0.356 e. The Morgan fingerprint density at radius 3 is 2.50 bits per heavy atom. The Morgan fingerprint density at radius 2 is 1.92 bits per heavy atom. The number of hydrogen-bond donors (Lipinski definition) is 2. The van der Waals surface area contributed by atoms with Crippen molar-refractivity contribution >= 4 is 17.3 Å². The Kier molecular flexibility index (Phi) is 6.37. The van der Waals surface area contributed by atoms with E-state index in [1.807, 2.05) is 6.07 Å². The molecule has 0 unspecified atom stereocenters. The molecule has 0 fully saturated rings. The second-order valence-corrected chi connectivity index (χ2v) is 7.79. The predicted octanol–water partition coefficient (Wildman–Crippen LogP) is 3.91. The Balaban J connectivity index is 1.88. The van der Waals surface area contributed by atoms with Crippen molar-refractivity contribution in [2.24, 2.45) is 4.99 Å². The van der Waals surface area contributed by atoms with Gasteiger partial charge < -0.3 is 10.6 Å². The highest BCUT2D eigenvalue weighted by Gasteiger charge is 2.20. The summed E-state index contributed by atoms with van der Waals surface area (Å²) in [5.74, 6) is 1.28. The van der Waals surface area contributed by atoms with Crippen LogP contribution in [0, 0.1) is 0 Å². The van der Waals surface area contributed by atoms with Crippen LogP contribution >= 0.6 is 11.3 Å². The summed E-state index contributed by atoms with van der Waals surface area (Å²) in [6.07, 6.45) is 0. The molecule has 1 heterocycles. The fourth-order valence-corrected chi connectivity index (χ4v) is 3.24. The van der Waals surface area contributed by atoms with Crippen LogP contribution in [0.5, 0.6) is 0 Å². The monoisotopic (exact) mass is 344 g/mol. The number of rotatable bonds is 6. The molecule has 0 aliphatic rings. The number of thiazole rings is 1. The van der Waals surface area contributed by atoms with Crippen molar-refractivity contribution < 1.29 is 0 Å². The Morgan fingerprint density at radius 1 is 1.21 bits per heavy atom. The highest BCUT2D eigenvalue weighted by atomic mass is 32.1. The summed E-state index contributed by atoms with van der Waals surface area (Å²) in [4.78, 5) is 8.96. The van der Waals surface area contributed by atoms with Crippen LogP contribution in [0.3, 0.4) is 0 Å². The zero-order valence-electron chi connectivity index (χ0n) is 15.3. The maximum absolute atomic E-state index is 4.65. The zero-order chi connectivity index (χ0) is 17.6. The van der Waals surface area contributed by atoms with Crippen LogP contribution in [0.4, 0.5) is 0 Å². The number of aromatic nitrogens is 1. The van der Waals surface area contributed by atoms with E-state index in [-0.39, 0.29) is 5.41 Å². The molecule has 0 spiro atoms. The van der Waals surface area contributed by atoms with Crippen LogP contribution in [0.2, 0.25) is 0 Å². The number of nitrogens with zero attached hydrogens (tertiary/aromatic N) is 2. The first-order valence-electron chi connectivity index (χ1n) is 8.36. The number of aliphatic imine (C=N–C) groups is 1. The van der Waals surface area contributed by atoms with E-state index in [1.54, 1.807) is 18.4 Å². The molecular weight excluding hydrogens is 316 g/mol. The van der Waals surface area contributed by atoms with Crippen LogP contribution in [0.15, 0.2) is 40.7 Å². The van der Waals surface area contributed by atoms with Gasteiger partial charge in [-0.05, 0) is 11.5 Å². The van der Waals surface area contributed by atoms with Gasteiger partial charge in [-0.2, -0.15) is 0 Å². The van der Waals surface area contributed by atoms with Crippen LogP contribution in [-0.2, 0) is 12.0 Å². The van der Waals surface area contributed by atoms with Gasteiger partial charge in [0.1, 0.15) is 5.01 Å². The second-order valence-electron chi connectivity index (χ2n) is 6.85. The minimum atomic E-state index is 0.0326. The van der Waals surface area contributed by atoms with Crippen LogP contribution < -0.4 is 10.6 Å². The van der Waals surface area contributed by atoms with Gasteiger partial charge >= 0.3 is 0 Å². The standard InChI is InChI=1S/C19H28N4S/c1-14(2)16-12-24-17(23-16)11-21-18(20-5)22-13-19(3,4)15-9-7-6-8-10-15/h6-10,12,14H,11,13H2,1-5H3,(H2,20,21,22). The molecule has 0 aliphatic carbocycles. The van der Waals surface area contributed by atoms with E-state index in [0.717, 1.165) is 23.2 Å². The van der Waals surface area contributed by atoms with Crippen molar-refractivity contribution in [2.75, 3.05) is 13.6 Å². The Hall–Kier alpha value is -1.88. The normalized spacial score (nSPS) is 12.5. The largest absolute Gasteiger partial charge is 0.356 e. The second kappa shape index (κ2) is 8.29. The van der Waals surface area contributed by atoms with E-state index in [4.69, 9.17) is 0 Å². The molecule has 2 rings (SSSR count). The SMILES string of the molecule is CN=C(NCc1nc(C(C)C)cs1)NCC(C)(C)c1ccccc1. The summed E-state index contributed by atoms with van der Waals surface area (Å²) in [5.41, 5.74) is 2.50. The molecule has 1 aromatic carbocycles. The Bertz CT molecular complexity index is 659. The van der Waals surface area contributed by atoms with Crippen LogP contribution in [-0.4, -0.2) is 24.5 Å². The first kappa shape index (κ1) is 18.5. The minimum absolute atomic E-state index is 0.0326. The van der Waals surface area contributed by atoms with Crippen molar-refractivity contribution in [1.29, 1.82) is 0 Å². The molecule has 130 valence electrons. The van der Waals surface area contributed by atoms with Gasteiger partial charge in [-0.3, -0.25) is 4.99 Å². The van der Waals surface area contributed by atoms with E-state index in [0.29, 0.717) is 12.5 Å². The number of nitrogens with one attached hydrogen (secondary N) is 2. The smallest absolute Gasteiger partial charge is 0.191 e. The summed E-state index contributed by atoms with van der Waals surface area (Å²) in [6, 6.07) is 10.5.